The zero-order valence-electron chi connectivity index (χ0n) is 17.0. The van der Waals surface area contributed by atoms with Crippen LogP contribution in [0.3, 0.4) is 0 Å². The number of carbonyl (C=O) groups excluding carboxylic acids is 2. The second-order valence-electron chi connectivity index (χ2n) is 6.96. The molecular formula is C21H23ClN2O6S. The SMILES string of the molecule is COc1cccc(C(=O)OCC(=O)Nc2cc(S(=O)(=O)N3CCCCC3)ccc2Cl)c1. The van der Waals surface area contributed by atoms with Crippen LogP contribution in [-0.2, 0) is 19.6 Å². The smallest absolute Gasteiger partial charge is 0.338 e. The van der Waals surface area contributed by atoms with Gasteiger partial charge in [0.1, 0.15) is 5.75 Å². The van der Waals surface area contributed by atoms with Crippen LogP contribution in [0.2, 0.25) is 5.02 Å². The summed E-state index contributed by atoms with van der Waals surface area (Å²) < 4.78 is 37.2. The molecule has 1 aliphatic heterocycles. The molecule has 2 aromatic rings. The quantitative estimate of drug-likeness (QED) is 0.628. The van der Waals surface area contributed by atoms with Crippen molar-refractivity contribution in [3.05, 3.63) is 53.1 Å². The van der Waals surface area contributed by atoms with Crippen LogP contribution in [-0.4, -0.2) is 51.4 Å². The topological polar surface area (TPSA) is 102 Å². The minimum absolute atomic E-state index is 0.0440. The van der Waals surface area contributed by atoms with Gasteiger partial charge >= 0.3 is 5.97 Å². The lowest BCUT2D eigenvalue weighted by molar-refractivity contribution is -0.119. The van der Waals surface area contributed by atoms with Gasteiger partial charge in [0, 0.05) is 13.1 Å². The van der Waals surface area contributed by atoms with E-state index in [2.05, 4.69) is 5.32 Å². The van der Waals surface area contributed by atoms with Crippen molar-refractivity contribution in [2.75, 3.05) is 32.1 Å². The first-order valence-electron chi connectivity index (χ1n) is 9.72. The van der Waals surface area contributed by atoms with Crippen molar-refractivity contribution in [3.63, 3.8) is 0 Å². The number of anilines is 1. The third-order valence-electron chi connectivity index (χ3n) is 4.80. The number of ether oxygens (including phenoxy) is 2. The molecule has 31 heavy (non-hydrogen) atoms. The molecule has 2 aromatic carbocycles. The number of nitrogens with zero attached hydrogens (tertiary/aromatic N) is 1. The van der Waals surface area contributed by atoms with Gasteiger partial charge in [0.2, 0.25) is 10.0 Å². The number of halogens is 1. The number of sulfonamides is 1. The second-order valence-corrected chi connectivity index (χ2v) is 9.31. The molecule has 1 heterocycles. The normalized spacial score (nSPS) is 14.6. The number of carbonyl (C=O) groups is 2. The number of hydrogen-bond donors (Lipinski definition) is 1. The number of piperidine rings is 1. The molecular weight excluding hydrogens is 444 g/mol. The predicted molar refractivity (Wildman–Crippen MR) is 116 cm³/mol. The van der Waals surface area contributed by atoms with Gasteiger partial charge < -0.3 is 14.8 Å². The van der Waals surface area contributed by atoms with Crippen molar-refractivity contribution in [1.82, 2.24) is 4.31 Å². The van der Waals surface area contributed by atoms with Crippen molar-refractivity contribution in [2.24, 2.45) is 0 Å². The van der Waals surface area contributed by atoms with Gasteiger partial charge in [-0.3, -0.25) is 4.79 Å². The molecule has 0 bridgehead atoms. The highest BCUT2D eigenvalue weighted by Gasteiger charge is 2.26. The van der Waals surface area contributed by atoms with Gasteiger partial charge in [0.15, 0.2) is 6.61 Å². The first kappa shape index (κ1) is 23.1. The summed E-state index contributed by atoms with van der Waals surface area (Å²) in [6.07, 6.45) is 2.63. The lowest BCUT2D eigenvalue weighted by Crippen LogP contribution is -2.35. The van der Waals surface area contributed by atoms with Crippen LogP contribution in [0.1, 0.15) is 29.6 Å². The lowest BCUT2D eigenvalue weighted by Gasteiger charge is -2.26. The molecule has 0 aliphatic carbocycles. The molecule has 0 spiro atoms. The Labute approximate surface area is 186 Å². The molecule has 1 amide bonds. The van der Waals surface area contributed by atoms with Gasteiger partial charge in [0.25, 0.3) is 5.91 Å². The minimum Gasteiger partial charge on any atom is -0.497 e. The Kier molecular flexibility index (Phi) is 7.53. The van der Waals surface area contributed by atoms with Crippen LogP contribution in [0, 0.1) is 0 Å². The summed E-state index contributed by atoms with van der Waals surface area (Å²) in [5.41, 5.74) is 0.363. The van der Waals surface area contributed by atoms with E-state index < -0.39 is 28.5 Å². The monoisotopic (exact) mass is 466 g/mol. The van der Waals surface area contributed by atoms with Gasteiger partial charge in [-0.25, -0.2) is 13.2 Å². The first-order valence-corrected chi connectivity index (χ1v) is 11.5. The van der Waals surface area contributed by atoms with Gasteiger partial charge in [-0.1, -0.05) is 24.1 Å². The summed E-state index contributed by atoms with van der Waals surface area (Å²) in [6, 6.07) is 10.5. The molecule has 0 unspecified atom stereocenters. The van der Waals surface area contributed by atoms with Crippen molar-refractivity contribution in [3.8, 4) is 5.75 Å². The third kappa shape index (κ3) is 5.75. The van der Waals surface area contributed by atoms with E-state index in [1.807, 2.05) is 0 Å². The van der Waals surface area contributed by atoms with Gasteiger partial charge in [-0.2, -0.15) is 4.31 Å². The molecule has 0 aromatic heterocycles. The number of esters is 1. The molecule has 3 rings (SSSR count). The number of nitrogens with one attached hydrogen (secondary N) is 1. The summed E-state index contributed by atoms with van der Waals surface area (Å²) >= 11 is 6.12. The molecule has 0 atom stereocenters. The fraction of sp³-hybridized carbons (Fsp3) is 0.333. The lowest BCUT2D eigenvalue weighted by atomic mass is 10.2. The van der Waals surface area contributed by atoms with E-state index in [1.54, 1.807) is 12.1 Å². The number of hydrogen-bond acceptors (Lipinski definition) is 6. The van der Waals surface area contributed by atoms with Crippen LogP contribution in [0.15, 0.2) is 47.4 Å². The van der Waals surface area contributed by atoms with E-state index >= 15 is 0 Å². The molecule has 0 radical (unpaired) electrons. The fourth-order valence-electron chi connectivity index (χ4n) is 3.17. The standard InChI is InChI=1S/C21H23ClN2O6S/c1-29-16-7-5-6-15(12-16)21(26)30-14-20(25)23-19-13-17(8-9-18(19)22)31(27,28)24-10-3-2-4-11-24/h5-9,12-13H,2-4,10-11,14H2,1H3,(H,23,25). The Balaban J connectivity index is 1.65. The number of rotatable bonds is 7. The molecule has 10 heteroatoms. The van der Waals surface area contributed by atoms with Crippen LogP contribution in [0.4, 0.5) is 5.69 Å². The van der Waals surface area contributed by atoms with Crippen LogP contribution in [0.5, 0.6) is 5.75 Å². The maximum Gasteiger partial charge on any atom is 0.338 e. The first-order chi connectivity index (χ1) is 14.8. The highest BCUT2D eigenvalue weighted by molar-refractivity contribution is 7.89. The molecule has 0 saturated carbocycles. The van der Waals surface area contributed by atoms with E-state index in [-0.39, 0.29) is 21.2 Å². The maximum atomic E-state index is 12.9. The molecule has 1 N–H and O–H groups in total. The molecule has 8 nitrogen and oxygen atoms in total. The van der Waals surface area contributed by atoms with E-state index in [9.17, 15) is 18.0 Å². The van der Waals surface area contributed by atoms with E-state index in [0.717, 1.165) is 19.3 Å². The highest BCUT2D eigenvalue weighted by Crippen LogP contribution is 2.28. The summed E-state index contributed by atoms with van der Waals surface area (Å²) in [7, 11) is -2.21. The van der Waals surface area contributed by atoms with Crippen LogP contribution < -0.4 is 10.1 Å². The van der Waals surface area contributed by atoms with Crippen molar-refractivity contribution < 1.29 is 27.5 Å². The van der Waals surface area contributed by atoms with Crippen LogP contribution in [0.25, 0.3) is 0 Å². The van der Waals surface area contributed by atoms with Gasteiger partial charge in [-0.05, 0) is 49.2 Å². The van der Waals surface area contributed by atoms with E-state index in [0.29, 0.717) is 18.8 Å². The molecule has 1 aliphatic rings. The molecule has 166 valence electrons. The highest BCUT2D eigenvalue weighted by atomic mass is 35.5. The largest absolute Gasteiger partial charge is 0.497 e. The molecule has 1 saturated heterocycles. The number of methoxy groups -OCH3 is 1. The van der Waals surface area contributed by atoms with Crippen molar-refractivity contribution >= 4 is 39.2 Å². The zero-order chi connectivity index (χ0) is 22.4. The Morgan fingerprint density at radius 3 is 2.55 bits per heavy atom. The van der Waals surface area contributed by atoms with Crippen molar-refractivity contribution in [2.45, 2.75) is 24.2 Å². The van der Waals surface area contributed by atoms with Crippen molar-refractivity contribution in [1.29, 1.82) is 0 Å². The predicted octanol–water partition coefficient (Wildman–Crippen LogP) is 3.32. The number of amides is 1. The van der Waals surface area contributed by atoms with Gasteiger partial charge in [0.05, 0.1) is 28.3 Å². The average molecular weight is 467 g/mol. The fourth-order valence-corrected chi connectivity index (χ4v) is 4.87. The average Bonchev–Trinajstić information content (AvgIpc) is 2.79. The summed E-state index contributed by atoms with van der Waals surface area (Å²) in [5.74, 6) is -0.857. The maximum absolute atomic E-state index is 12.9. The van der Waals surface area contributed by atoms with E-state index in [4.69, 9.17) is 21.1 Å². The summed E-state index contributed by atoms with van der Waals surface area (Å²) in [4.78, 5) is 24.4. The molecule has 1 fully saturated rings. The van der Waals surface area contributed by atoms with Gasteiger partial charge in [-0.15, -0.1) is 0 Å². The number of benzene rings is 2. The Morgan fingerprint density at radius 1 is 1.10 bits per heavy atom. The summed E-state index contributed by atoms with van der Waals surface area (Å²) in [5, 5.41) is 2.67. The zero-order valence-corrected chi connectivity index (χ0v) is 18.5. The summed E-state index contributed by atoms with van der Waals surface area (Å²) in [6.45, 7) is 0.370. The Bertz CT molecular complexity index is 1070. The minimum atomic E-state index is -3.68. The Morgan fingerprint density at radius 2 is 1.84 bits per heavy atom. The Hall–Kier alpha value is -2.62. The third-order valence-corrected chi connectivity index (χ3v) is 7.03. The second kappa shape index (κ2) is 10.1. The van der Waals surface area contributed by atoms with Crippen LogP contribution >= 0.6 is 11.6 Å². The van der Waals surface area contributed by atoms with E-state index in [1.165, 1.54) is 41.7 Å².